The van der Waals surface area contributed by atoms with E-state index >= 15 is 0 Å². The number of anilines is 1. The minimum Gasteiger partial charge on any atom is -0.374 e. The normalized spacial score (nSPS) is 12.1. The van der Waals surface area contributed by atoms with E-state index in [4.69, 9.17) is 16.3 Å². The van der Waals surface area contributed by atoms with E-state index in [0.29, 0.717) is 30.1 Å². The van der Waals surface area contributed by atoms with Gasteiger partial charge in [0.15, 0.2) is 5.82 Å². The maximum absolute atomic E-state index is 6.01. The van der Waals surface area contributed by atoms with Crippen molar-refractivity contribution in [1.82, 2.24) is 9.97 Å². The number of benzene rings is 1. The Morgan fingerprint density at radius 2 is 2.00 bits per heavy atom. The van der Waals surface area contributed by atoms with Gasteiger partial charge in [-0.1, -0.05) is 48.9 Å². The molecular weight excluding hydrogens is 286 g/mol. The second-order valence-electron chi connectivity index (χ2n) is 4.82. The number of nitrogens with one attached hydrogen (secondary N) is 1. The molecule has 21 heavy (non-hydrogen) atoms. The van der Waals surface area contributed by atoms with Gasteiger partial charge in [-0.3, -0.25) is 0 Å². The van der Waals surface area contributed by atoms with Crippen LogP contribution in [0.25, 0.3) is 0 Å². The average molecular weight is 306 g/mol. The topological polar surface area (TPSA) is 47.0 Å². The van der Waals surface area contributed by atoms with Gasteiger partial charge in [-0.05, 0) is 18.4 Å². The van der Waals surface area contributed by atoms with Crippen molar-refractivity contribution in [3.8, 4) is 0 Å². The van der Waals surface area contributed by atoms with Gasteiger partial charge in [0.25, 0.3) is 0 Å². The van der Waals surface area contributed by atoms with Crippen LogP contribution in [0.4, 0.5) is 5.82 Å². The van der Waals surface area contributed by atoms with Crippen molar-refractivity contribution in [2.24, 2.45) is 0 Å². The van der Waals surface area contributed by atoms with Crippen LogP contribution in [0.15, 0.2) is 36.4 Å². The molecule has 5 heteroatoms. The average Bonchev–Trinajstić information content (AvgIpc) is 2.51. The van der Waals surface area contributed by atoms with E-state index in [0.717, 1.165) is 12.4 Å². The summed E-state index contributed by atoms with van der Waals surface area (Å²) in [7, 11) is 0. The Hall–Kier alpha value is -1.65. The van der Waals surface area contributed by atoms with Crippen molar-refractivity contribution < 1.29 is 4.74 Å². The van der Waals surface area contributed by atoms with Gasteiger partial charge in [-0.2, -0.15) is 0 Å². The molecule has 1 aromatic heterocycles. The predicted molar refractivity (Wildman–Crippen MR) is 85.7 cm³/mol. The molecule has 0 fully saturated rings. The van der Waals surface area contributed by atoms with E-state index in [1.807, 2.05) is 25.1 Å². The maximum Gasteiger partial charge on any atom is 0.158 e. The summed E-state index contributed by atoms with van der Waals surface area (Å²) in [5.41, 5.74) is 1.29. The van der Waals surface area contributed by atoms with Gasteiger partial charge < -0.3 is 10.1 Å². The van der Waals surface area contributed by atoms with E-state index in [9.17, 15) is 0 Å². The van der Waals surface area contributed by atoms with Gasteiger partial charge in [0.05, 0.1) is 0 Å². The number of halogens is 1. The quantitative estimate of drug-likeness (QED) is 0.789. The monoisotopic (exact) mass is 305 g/mol. The first-order valence-corrected chi connectivity index (χ1v) is 7.47. The van der Waals surface area contributed by atoms with Crippen molar-refractivity contribution in [2.75, 3.05) is 18.5 Å². The Morgan fingerprint density at radius 3 is 2.71 bits per heavy atom. The van der Waals surface area contributed by atoms with E-state index in [-0.39, 0.29) is 0 Å². The lowest BCUT2D eigenvalue weighted by atomic mass is 10.0. The molecule has 0 saturated heterocycles. The zero-order chi connectivity index (χ0) is 15.1. The molecule has 4 nitrogen and oxygen atoms in total. The summed E-state index contributed by atoms with van der Waals surface area (Å²) in [5.74, 6) is 1.71. The fourth-order valence-electron chi connectivity index (χ4n) is 1.97. The molecule has 1 aromatic carbocycles. The van der Waals surface area contributed by atoms with Gasteiger partial charge in [-0.25, -0.2) is 9.97 Å². The molecule has 0 saturated carbocycles. The summed E-state index contributed by atoms with van der Waals surface area (Å²) in [5, 5.41) is 3.73. The van der Waals surface area contributed by atoms with Crippen LogP contribution >= 0.6 is 11.6 Å². The third-order valence-electron chi connectivity index (χ3n) is 3.13. The molecule has 2 rings (SSSR count). The Balaban J connectivity index is 1.97. The lowest BCUT2D eigenvalue weighted by Gasteiger charge is -2.14. The lowest BCUT2D eigenvalue weighted by molar-refractivity contribution is 0.128. The van der Waals surface area contributed by atoms with Gasteiger partial charge in [0.1, 0.15) is 17.6 Å². The predicted octanol–water partition coefficient (Wildman–Crippen LogP) is 3.88. The van der Waals surface area contributed by atoms with E-state index in [1.54, 1.807) is 6.07 Å². The number of hydrogen-bond acceptors (Lipinski definition) is 4. The molecule has 2 aromatic rings. The van der Waals surface area contributed by atoms with E-state index < -0.39 is 0 Å². The Kier molecular flexibility index (Phi) is 5.96. The molecule has 112 valence electrons. The second kappa shape index (κ2) is 7.96. The summed E-state index contributed by atoms with van der Waals surface area (Å²) in [4.78, 5) is 8.55. The number of nitrogens with zero attached hydrogens (tertiary/aromatic N) is 2. The Bertz CT molecular complexity index is 563. The summed E-state index contributed by atoms with van der Waals surface area (Å²) < 4.78 is 5.31. The fraction of sp³-hybridized carbons (Fsp3) is 0.375. The van der Waals surface area contributed by atoms with Crippen LogP contribution in [0.1, 0.15) is 31.2 Å². The summed E-state index contributed by atoms with van der Waals surface area (Å²) in [6.07, 6.45) is 0. The molecule has 0 aliphatic carbocycles. The minimum atomic E-state index is 0.375. The fourth-order valence-corrected chi connectivity index (χ4v) is 2.17. The molecular formula is C16H20ClN3O. The summed E-state index contributed by atoms with van der Waals surface area (Å²) >= 11 is 6.01. The van der Waals surface area contributed by atoms with Crippen LogP contribution in [-0.2, 0) is 11.3 Å². The molecule has 0 aliphatic heterocycles. The Morgan fingerprint density at radius 1 is 1.24 bits per heavy atom. The lowest BCUT2D eigenvalue weighted by Crippen LogP contribution is -2.12. The van der Waals surface area contributed by atoms with E-state index in [1.165, 1.54) is 5.56 Å². The summed E-state index contributed by atoms with van der Waals surface area (Å²) in [6, 6.07) is 12.1. The molecule has 0 bridgehead atoms. The zero-order valence-electron chi connectivity index (χ0n) is 12.3. The van der Waals surface area contributed by atoms with Crippen LogP contribution < -0.4 is 5.32 Å². The highest BCUT2D eigenvalue weighted by Crippen LogP contribution is 2.17. The number of ether oxygens (including phenoxy) is 1. The molecule has 0 amide bonds. The SMILES string of the molecule is CCOCc1nc(Cl)cc(NCC(C)c2ccccc2)n1. The molecule has 1 unspecified atom stereocenters. The van der Waals surface area contributed by atoms with Crippen molar-refractivity contribution in [1.29, 1.82) is 0 Å². The van der Waals surface area contributed by atoms with Gasteiger partial charge in [-0.15, -0.1) is 0 Å². The second-order valence-corrected chi connectivity index (χ2v) is 5.21. The molecule has 0 aliphatic rings. The minimum absolute atomic E-state index is 0.375. The Labute approximate surface area is 130 Å². The van der Waals surface area contributed by atoms with Crippen molar-refractivity contribution in [3.63, 3.8) is 0 Å². The molecule has 1 heterocycles. The first-order valence-electron chi connectivity index (χ1n) is 7.09. The van der Waals surface area contributed by atoms with Crippen molar-refractivity contribution in [2.45, 2.75) is 26.4 Å². The van der Waals surface area contributed by atoms with Gasteiger partial charge >= 0.3 is 0 Å². The largest absolute Gasteiger partial charge is 0.374 e. The van der Waals surface area contributed by atoms with Crippen molar-refractivity contribution >= 4 is 17.4 Å². The number of aromatic nitrogens is 2. The first kappa shape index (κ1) is 15.7. The molecule has 0 spiro atoms. The van der Waals surface area contributed by atoms with Gasteiger partial charge in [0, 0.05) is 19.2 Å². The third kappa shape index (κ3) is 4.99. The highest BCUT2D eigenvalue weighted by Gasteiger charge is 2.07. The van der Waals surface area contributed by atoms with Crippen LogP contribution in [-0.4, -0.2) is 23.1 Å². The number of rotatable bonds is 7. The van der Waals surface area contributed by atoms with Crippen LogP contribution in [0.5, 0.6) is 0 Å². The summed E-state index contributed by atoms with van der Waals surface area (Å²) in [6.45, 7) is 5.90. The zero-order valence-corrected chi connectivity index (χ0v) is 13.1. The maximum atomic E-state index is 6.01. The highest BCUT2D eigenvalue weighted by atomic mass is 35.5. The van der Waals surface area contributed by atoms with Crippen LogP contribution in [0, 0.1) is 0 Å². The van der Waals surface area contributed by atoms with Crippen molar-refractivity contribution in [3.05, 3.63) is 52.9 Å². The van der Waals surface area contributed by atoms with E-state index in [2.05, 4.69) is 34.3 Å². The van der Waals surface area contributed by atoms with Crippen LogP contribution in [0.3, 0.4) is 0 Å². The molecule has 0 radical (unpaired) electrons. The first-order chi connectivity index (χ1) is 10.2. The molecule has 1 N–H and O–H groups in total. The highest BCUT2D eigenvalue weighted by molar-refractivity contribution is 6.29. The van der Waals surface area contributed by atoms with Gasteiger partial charge in [0.2, 0.25) is 0 Å². The van der Waals surface area contributed by atoms with Crippen LogP contribution in [0.2, 0.25) is 5.15 Å². The molecule has 1 atom stereocenters. The standard InChI is InChI=1S/C16H20ClN3O/c1-3-21-11-16-19-14(17)9-15(20-16)18-10-12(2)13-7-5-4-6-8-13/h4-9,12H,3,10-11H2,1-2H3,(H,18,19,20). The number of hydrogen-bond donors (Lipinski definition) is 1. The smallest absolute Gasteiger partial charge is 0.158 e. The third-order valence-corrected chi connectivity index (χ3v) is 3.33.